The van der Waals surface area contributed by atoms with E-state index < -0.39 is 0 Å². The molecule has 0 aromatic rings. The van der Waals surface area contributed by atoms with E-state index in [2.05, 4.69) is 27.7 Å². The SMILES string of the molecule is CC1(C)CCC[C@]2(C)[C@@H]1CC[C@@]13CO[C@@](C)(CC[C@H]12)O3. The zero-order valence-corrected chi connectivity index (χ0v) is 13.6. The zero-order valence-electron chi connectivity index (χ0n) is 13.6. The summed E-state index contributed by atoms with van der Waals surface area (Å²) in [5.74, 6) is 1.31. The van der Waals surface area contributed by atoms with Crippen molar-refractivity contribution in [2.24, 2.45) is 22.7 Å². The molecule has 0 aromatic heterocycles. The molecule has 5 atom stereocenters. The Morgan fingerprint density at radius 1 is 0.850 bits per heavy atom. The zero-order chi connectivity index (χ0) is 14.2. The predicted octanol–water partition coefficient (Wildman–Crippen LogP) is 4.52. The molecule has 4 rings (SSSR count). The molecule has 0 N–H and O–H groups in total. The third-order valence-corrected chi connectivity index (χ3v) is 7.49. The molecule has 0 amide bonds. The Hall–Kier alpha value is -0.0800. The quantitative estimate of drug-likeness (QED) is 0.648. The van der Waals surface area contributed by atoms with Crippen LogP contribution in [0.4, 0.5) is 0 Å². The van der Waals surface area contributed by atoms with Gasteiger partial charge in [0.05, 0.1) is 12.2 Å². The van der Waals surface area contributed by atoms with E-state index in [4.69, 9.17) is 9.47 Å². The summed E-state index contributed by atoms with van der Waals surface area (Å²) >= 11 is 0. The van der Waals surface area contributed by atoms with Crippen LogP contribution >= 0.6 is 0 Å². The van der Waals surface area contributed by atoms with Crippen LogP contribution in [0, 0.1) is 22.7 Å². The minimum atomic E-state index is -0.274. The minimum absolute atomic E-state index is 0.0473. The first-order valence-electron chi connectivity index (χ1n) is 8.64. The molecule has 2 heteroatoms. The van der Waals surface area contributed by atoms with Gasteiger partial charge in [-0.1, -0.05) is 27.2 Å². The Kier molecular flexibility index (Phi) is 2.59. The van der Waals surface area contributed by atoms with Crippen molar-refractivity contribution in [1.82, 2.24) is 0 Å². The fourth-order valence-electron chi connectivity index (χ4n) is 6.65. The van der Waals surface area contributed by atoms with Crippen LogP contribution in [0.3, 0.4) is 0 Å². The highest BCUT2D eigenvalue weighted by Crippen LogP contribution is 2.67. The number of hydrogen-bond donors (Lipinski definition) is 0. The van der Waals surface area contributed by atoms with E-state index in [-0.39, 0.29) is 11.4 Å². The van der Waals surface area contributed by atoms with Gasteiger partial charge in [0, 0.05) is 6.42 Å². The van der Waals surface area contributed by atoms with Gasteiger partial charge in [-0.25, -0.2) is 0 Å². The summed E-state index contributed by atoms with van der Waals surface area (Å²) < 4.78 is 12.6. The first-order valence-corrected chi connectivity index (χ1v) is 8.64. The molecule has 0 aromatic carbocycles. The normalized spacial score (nSPS) is 57.0. The molecule has 2 aliphatic carbocycles. The smallest absolute Gasteiger partial charge is 0.166 e. The molecule has 0 radical (unpaired) electrons. The largest absolute Gasteiger partial charge is 0.347 e. The van der Waals surface area contributed by atoms with E-state index in [9.17, 15) is 0 Å². The van der Waals surface area contributed by atoms with Gasteiger partial charge in [0.15, 0.2) is 5.79 Å². The van der Waals surface area contributed by atoms with Gasteiger partial charge in [-0.2, -0.15) is 0 Å². The lowest BCUT2D eigenvalue weighted by molar-refractivity contribution is -0.260. The van der Waals surface area contributed by atoms with Crippen LogP contribution in [0.5, 0.6) is 0 Å². The van der Waals surface area contributed by atoms with E-state index >= 15 is 0 Å². The molecule has 20 heavy (non-hydrogen) atoms. The molecule has 2 aliphatic heterocycles. The highest BCUT2D eigenvalue weighted by Gasteiger charge is 2.66. The van der Waals surface area contributed by atoms with Gasteiger partial charge in [0.2, 0.25) is 0 Å². The standard InChI is InChI=1S/C18H30O2/c1-15(2)8-5-9-16(3)13(15)7-11-18-12-19-17(4,20-18)10-6-14(16)18/h13-14H,5-12H2,1-4H3/t13-,14+,16-,17-,18-/m1/s1. The summed E-state index contributed by atoms with van der Waals surface area (Å²) in [6.07, 6.45) is 9.14. The Morgan fingerprint density at radius 2 is 1.60 bits per heavy atom. The van der Waals surface area contributed by atoms with Crippen LogP contribution in [-0.2, 0) is 9.47 Å². The predicted molar refractivity (Wildman–Crippen MR) is 79.4 cm³/mol. The summed E-state index contributed by atoms with van der Waals surface area (Å²) in [5, 5.41) is 0. The van der Waals surface area contributed by atoms with E-state index in [1.54, 1.807) is 0 Å². The van der Waals surface area contributed by atoms with Crippen LogP contribution < -0.4 is 0 Å². The highest BCUT2D eigenvalue weighted by molar-refractivity contribution is 5.13. The van der Waals surface area contributed by atoms with Crippen LogP contribution in [0.15, 0.2) is 0 Å². The molecular formula is C18H30O2. The Labute approximate surface area is 123 Å². The lowest BCUT2D eigenvalue weighted by Crippen LogP contribution is -2.61. The van der Waals surface area contributed by atoms with Crippen molar-refractivity contribution >= 4 is 0 Å². The second kappa shape index (κ2) is 3.81. The Balaban J connectivity index is 1.73. The molecule has 2 heterocycles. The minimum Gasteiger partial charge on any atom is -0.347 e. The fourth-order valence-corrected chi connectivity index (χ4v) is 6.65. The van der Waals surface area contributed by atoms with Gasteiger partial charge in [0.25, 0.3) is 0 Å². The maximum atomic E-state index is 6.54. The Morgan fingerprint density at radius 3 is 2.40 bits per heavy atom. The fraction of sp³-hybridized carbons (Fsp3) is 1.00. The molecule has 114 valence electrons. The van der Waals surface area contributed by atoms with Crippen molar-refractivity contribution in [2.75, 3.05) is 6.61 Å². The summed E-state index contributed by atoms with van der Waals surface area (Å²) in [7, 11) is 0. The van der Waals surface area contributed by atoms with Crippen LogP contribution in [0.25, 0.3) is 0 Å². The number of rotatable bonds is 0. The van der Waals surface area contributed by atoms with E-state index in [0.717, 1.165) is 18.9 Å². The number of ether oxygens (including phenoxy) is 2. The third kappa shape index (κ3) is 1.58. The molecule has 1 spiro atoms. The molecule has 2 bridgehead atoms. The topological polar surface area (TPSA) is 18.5 Å². The molecule has 4 fully saturated rings. The third-order valence-electron chi connectivity index (χ3n) is 7.49. The summed E-state index contributed by atoms with van der Waals surface area (Å²) in [6, 6.07) is 0. The maximum Gasteiger partial charge on any atom is 0.166 e. The van der Waals surface area contributed by atoms with Crippen LogP contribution in [0.1, 0.15) is 72.6 Å². The summed E-state index contributed by atoms with van der Waals surface area (Å²) in [4.78, 5) is 0. The van der Waals surface area contributed by atoms with Crippen molar-refractivity contribution in [3.05, 3.63) is 0 Å². The first-order chi connectivity index (χ1) is 9.30. The van der Waals surface area contributed by atoms with Crippen molar-refractivity contribution in [2.45, 2.75) is 84.0 Å². The first kappa shape index (κ1) is 13.6. The molecule has 2 saturated heterocycles. The van der Waals surface area contributed by atoms with Crippen molar-refractivity contribution in [3.63, 3.8) is 0 Å². The van der Waals surface area contributed by atoms with E-state index in [1.165, 1.54) is 38.5 Å². The lowest BCUT2D eigenvalue weighted by atomic mass is 9.44. The number of fused-ring (bicyclic) bond motifs is 3. The van der Waals surface area contributed by atoms with Crippen molar-refractivity contribution in [3.8, 4) is 0 Å². The molecule has 2 saturated carbocycles. The van der Waals surface area contributed by atoms with Gasteiger partial charge in [-0.05, 0) is 61.7 Å². The van der Waals surface area contributed by atoms with E-state index in [0.29, 0.717) is 16.7 Å². The van der Waals surface area contributed by atoms with Crippen molar-refractivity contribution in [1.29, 1.82) is 0 Å². The van der Waals surface area contributed by atoms with Crippen LogP contribution in [0.2, 0.25) is 0 Å². The van der Waals surface area contributed by atoms with Gasteiger partial charge >= 0.3 is 0 Å². The lowest BCUT2D eigenvalue weighted by Gasteiger charge is -2.63. The molecule has 2 nitrogen and oxygen atoms in total. The van der Waals surface area contributed by atoms with E-state index in [1.807, 2.05) is 0 Å². The molecule has 4 aliphatic rings. The Bertz CT molecular complexity index is 431. The highest BCUT2D eigenvalue weighted by atomic mass is 16.8. The van der Waals surface area contributed by atoms with Gasteiger partial charge in [0.1, 0.15) is 0 Å². The second-order valence-corrected chi connectivity index (χ2v) is 9.12. The monoisotopic (exact) mass is 278 g/mol. The number of hydrogen-bond acceptors (Lipinski definition) is 2. The van der Waals surface area contributed by atoms with Crippen molar-refractivity contribution < 1.29 is 9.47 Å². The van der Waals surface area contributed by atoms with Gasteiger partial charge in [-0.15, -0.1) is 0 Å². The second-order valence-electron chi connectivity index (χ2n) is 9.12. The summed E-state index contributed by atoms with van der Waals surface area (Å²) in [6.45, 7) is 10.6. The van der Waals surface area contributed by atoms with Gasteiger partial charge < -0.3 is 9.47 Å². The summed E-state index contributed by atoms with van der Waals surface area (Å²) in [5.41, 5.74) is 1.02. The average Bonchev–Trinajstić information content (AvgIpc) is 2.58. The average molecular weight is 278 g/mol. The van der Waals surface area contributed by atoms with Crippen LogP contribution in [-0.4, -0.2) is 18.0 Å². The molecular weight excluding hydrogens is 248 g/mol. The van der Waals surface area contributed by atoms with Gasteiger partial charge in [-0.3, -0.25) is 0 Å². The molecule has 0 unspecified atom stereocenters. The maximum absolute atomic E-state index is 6.54.